The average Bonchev–Trinajstić information content (AvgIpc) is 2.93. The largest absolute Gasteiger partial charge is 0.475 e. The third kappa shape index (κ3) is 7.05. The first-order valence-corrected chi connectivity index (χ1v) is 16.2. The number of aromatic nitrogens is 3. The normalized spacial score (nSPS) is 16.7. The molecule has 0 radical (unpaired) electrons. The van der Waals surface area contributed by atoms with Crippen molar-refractivity contribution >= 4 is 37.8 Å². The molecular formula is C32H34BrN5O4S. The zero-order chi connectivity index (χ0) is 30.9. The fraction of sp³-hybridized carbons (Fsp3) is 0.312. The van der Waals surface area contributed by atoms with Gasteiger partial charge >= 0.3 is 0 Å². The van der Waals surface area contributed by atoms with E-state index < -0.39 is 16.1 Å². The third-order valence-electron chi connectivity index (χ3n) is 7.18. The molecule has 1 N–H and O–H groups in total. The molecule has 224 valence electrons. The van der Waals surface area contributed by atoms with E-state index in [1.54, 1.807) is 29.3 Å². The predicted molar refractivity (Wildman–Crippen MR) is 169 cm³/mol. The number of rotatable bonds is 4. The van der Waals surface area contributed by atoms with Gasteiger partial charge in [-0.3, -0.25) is 9.78 Å². The minimum Gasteiger partial charge on any atom is -0.475 e. The second-order valence-corrected chi connectivity index (χ2v) is 14.4. The Morgan fingerprint density at radius 2 is 1.74 bits per heavy atom. The van der Waals surface area contributed by atoms with E-state index in [2.05, 4.69) is 56.4 Å². The Labute approximate surface area is 260 Å². The molecule has 0 unspecified atom stereocenters. The maximum Gasteiger partial charge on any atom is 0.264 e. The van der Waals surface area contributed by atoms with E-state index in [0.717, 1.165) is 21.2 Å². The highest BCUT2D eigenvalue weighted by atomic mass is 79.9. The van der Waals surface area contributed by atoms with E-state index in [0.29, 0.717) is 17.8 Å². The van der Waals surface area contributed by atoms with Crippen molar-refractivity contribution < 1.29 is 17.9 Å². The van der Waals surface area contributed by atoms with Gasteiger partial charge in [-0.15, -0.1) is 0 Å². The number of carbonyl (C=O) groups excluding carboxylic acids is 1. The molecule has 43 heavy (non-hydrogen) atoms. The number of nitrogens with zero attached hydrogens (tertiary/aromatic N) is 4. The summed E-state index contributed by atoms with van der Waals surface area (Å²) in [6.45, 7) is 10.6. The summed E-state index contributed by atoms with van der Waals surface area (Å²) in [5, 5.41) is 0. The molecule has 3 heterocycles. The molecule has 0 spiro atoms. The fourth-order valence-electron chi connectivity index (χ4n) is 5.24. The first kappa shape index (κ1) is 30.6. The molecule has 9 nitrogen and oxygen atoms in total. The second kappa shape index (κ2) is 12.0. The van der Waals surface area contributed by atoms with Crippen LogP contribution in [0.5, 0.6) is 5.88 Å². The summed E-state index contributed by atoms with van der Waals surface area (Å²) in [5.41, 5.74) is 4.08. The number of fused-ring (bicyclic) bond motifs is 4. The Bertz CT molecular complexity index is 1770. The van der Waals surface area contributed by atoms with Crippen molar-refractivity contribution in [2.45, 2.75) is 58.5 Å². The van der Waals surface area contributed by atoms with Crippen LogP contribution in [0.15, 0.2) is 76.2 Å². The van der Waals surface area contributed by atoms with Gasteiger partial charge in [0.1, 0.15) is 6.61 Å². The highest BCUT2D eigenvalue weighted by molar-refractivity contribution is 9.10. The number of benzene rings is 2. The molecule has 0 fully saturated rings. The zero-order valence-corrected chi connectivity index (χ0v) is 27.2. The van der Waals surface area contributed by atoms with Crippen LogP contribution in [-0.2, 0) is 16.6 Å². The number of carbonyl (C=O) groups is 1. The molecule has 1 aliphatic heterocycles. The lowest BCUT2D eigenvalue weighted by Crippen LogP contribution is -2.45. The Balaban J connectivity index is 1.69. The predicted octanol–water partition coefficient (Wildman–Crippen LogP) is 6.56. The number of hydrogen-bond donors (Lipinski definition) is 1. The number of sulfonamides is 1. The summed E-state index contributed by atoms with van der Waals surface area (Å²) in [6.07, 6.45) is 2.28. The molecule has 2 aromatic carbocycles. The molecular weight excluding hydrogens is 630 g/mol. The Morgan fingerprint density at radius 3 is 2.44 bits per heavy atom. The van der Waals surface area contributed by atoms with Crippen LogP contribution in [0, 0.1) is 19.3 Å². The van der Waals surface area contributed by atoms with E-state index in [-0.39, 0.29) is 46.8 Å². The van der Waals surface area contributed by atoms with Crippen molar-refractivity contribution in [3.8, 4) is 17.1 Å². The maximum absolute atomic E-state index is 14.2. The summed E-state index contributed by atoms with van der Waals surface area (Å²) >= 11 is 3.57. The van der Waals surface area contributed by atoms with Crippen molar-refractivity contribution in [2.75, 3.05) is 11.3 Å². The van der Waals surface area contributed by atoms with Gasteiger partial charge in [0.05, 0.1) is 28.9 Å². The summed E-state index contributed by atoms with van der Waals surface area (Å²) in [7, 11) is -4.15. The lowest BCUT2D eigenvalue weighted by molar-refractivity contribution is 0.0508. The Hall–Kier alpha value is -3.83. The standard InChI is InChI=1S/C32H34BrN5O4S/c1-20-9-6-10-21(2)29(20)26-16-28-36-31(35-26)37-43(40,41)24-12-7-11-22(15-24)30(39)38(18-27-25(33)13-8-14-34-27)23(19-42-28)17-32(3,4)5/h6-16,23H,17-19H2,1-5H3,(H,35,36,37)/t23-/m1/s1. The van der Waals surface area contributed by atoms with E-state index in [1.807, 2.05) is 44.2 Å². The minimum atomic E-state index is -4.15. The van der Waals surface area contributed by atoms with Gasteiger partial charge in [-0.1, -0.05) is 45.0 Å². The van der Waals surface area contributed by atoms with Crippen LogP contribution >= 0.6 is 15.9 Å². The maximum atomic E-state index is 14.2. The summed E-state index contributed by atoms with van der Waals surface area (Å²) in [4.78, 5) is 29.4. The van der Waals surface area contributed by atoms with E-state index in [4.69, 9.17) is 4.74 Å². The smallest absolute Gasteiger partial charge is 0.264 e. The number of hydrogen-bond acceptors (Lipinski definition) is 7. The van der Waals surface area contributed by atoms with Crippen LogP contribution in [-0.4, -0.2) is 46.8 Å². The van der Waals surface area contributed by atoms with Crippen molar-refractivity contribution in [3.05, 3.63) is 93.7 Å². The second-order valence-electron chi connectivity index (χ2n) is 11.9. The van der Waals surface area contributed by atoms with Crippen molar-refractivity contribution in [1.29, 1.82) is 0 Å². The molecule has 1 amide bonds. The number of pyridine rings is 1. The van der Waals surface area contributed by atoms with Gasteiger partial charge in [-0.2, -0.15) is 4.98 Å². The quantitative estimate of drug-likeness (QED) is 0.263. The van der Waals surface area contributed by atoms with Crippen molar-refractivity contribution in [1.82, 2.24) is 19.9 Å². The van der Waals surface area contributed by atoms with Gasteiger partial charge in [-0.05, 0) is 83.1 Å². The van der Waals surface area contributed by atoms with Gasteiger partial charge in [0.15, 0.2) is 0 Å². The number of amides is 1. The lowest BCUT2D eigenvalue weighted by atomic mass is 9.87. The van der Waals surface area contributed by atoms with Gasteiger partial charge < -0.3 is 9.64 Å². The molecule has 2 aromatic heterocycles. The Kier molecular flexibility index (Phi) is 8.58. The highest BCUT2D eigenvalue weighted by Crippen LogP contribution is 2.32. The number of halogens is 1. The first-order chi connectivity index (χ1) is 20.3. The van der Waals surface area contributed by atoms with Crippen LogP contribution in [0.3, 0.4) is 0 Å². The average molecular weight is 665 g/mol. The van der Waals surface area contributed by atoms with E-state index in [1.165, 1.54) is 12.1 Å². The molecule has 0 aliphatic carbocycles. The van der Waals surface area contributed by atoms with Crippen molar-refractivity contribution in [3.63, 3.8) is 0 Å². The summed E-state index contributed by atoms with van der Waals surface area (Å²) < 4.78 is 36.7. The van der Waals surface area contributed by atoms with Crippen LogP contribution in [0.1, 0.15) is 54.4 Å². The molecule has 5 rings (SSSR count). The summed E-state index contributed by atoms with van der Waals surface area (Å²) in [6, 6.07) is 16.9. The van der Waals surface area contributed by atoms with E-state index in [9.17, 15) is 13.2 Å². The molecule has 0 saturated carbocycles. The number of anilines is 1. The van der Waals surface area contributed by atoms with Gasteiger partial charge in [0, 0.05) is 27.9 Å². The van der Waals surface area contributed by atoms with Crippen molar-refractivity contribution in [2.24, 2.45) is 5.41 Å². The zero-order valence-electron chi connectivity index (χ0n) is 24.8. The third-order valence-corrected chi connectivity index (χ3v) is 9.23. The highest BCUT2D eigenvalue weighted by Gasteiger charge is 2.32. The van der Waals surface area contributed by atoms with Gasteiger partial charge in [-0.25, -0.2) is 18.1 Å². The monoisotopic (exact) mass is 663 g/mol. The van der Waals surface area contributed by atoms with Crippen LogP contribution in [0.4, 0.5) is 5.95 Å². The minimum absolute atomic E-state index is 0.0764. The fourth-order valence-corrected chi connectivity index (χ4v) is 6.61. The molecule has 11 heteroatoms. The number of aryl methyl sites for hydroxylation is 2. The molecule has 1 aliphatic rings. The van der Waals surface area contributed by atoms with Gasteiger partial charge in [0.2, 0.25) is 11.8 Å². The molecule has 4 aromatic rings. The molecule has 4 bridgehead atoms. The molecule has 1 atom stereocenters. The lowest BCUT2D eigenvalue weighted by Gasteiger charge is -2.35. The topological polar surface area (TPSA) is 114 Å². The number of ether oxygens (including phenoxy) is 1. The van der Waals surface area contributed by atoms with Crippen LogP contribution in [0.2, 0.25) is 0 Å². The summed E-state index contributed by atoms with van der Waals surface area (Å²) in [5.74, 6) is -0.255. The number of nitrogens with one attached hydrogen (secondary N) is 1. The van der Waals surface area contributed by atoms with E-state index >= 15 is 0 Å². The van der Waals surface area contributed by atoms with Crippen LogP contribution in [0.25, 0.3) is 11.3 Å². The van der Waals surface area contributed by atoms with Gasteiger partial charge in [0.25, 0.3) is 15.9 Å². The van der Waals surface area contributed by atoms with Crippen LogP contribution < -0.4 is 9.46 Å². The SMILES string of the molecule is Cc1cccc(C)c1-c1cc2nc(n1)NS(=O)(=O)c1cccc(c1)C(=O)N(Cc1ncccc1Br)[C@H](CC(C)(C)C)CO2. The molecule has 0 saturated heterocycles. The first-order valence-electron chi connectivity index (χ1n) is 13.9. The Morgan fingerprint density at radius 1 is 1.02 bits per heavy atom.